The molecule has 0 aromatic heterocycles. The quantitative estimate of drug-likeness (QED) is 0.439. The Labute approximate surface area is 217 Å². The van der Waals surface area contributed by atoms with E-state index in [-0.39, 0.29) is 5.91 Å². The van der Waals surface area contributed by atoms with Gasteiger partial charge in [0.25, 0.3) is 5.91 Å². The zero-order valence-corrected chi connectivity index (χ0v) is 24.5. The van der Waals surface area contributed by atoms with Crippen LogP contribution in [0.25, 0.3) is 0 Å². The molecule has 0 bridgehead atoms. The predicted octanol–water partition coefficient (Wildman–Crippen LogP) is 7.11. The average Bonchev–Trinajstić information content (AvgIpc) is 2.87. The predicted molar refractivity (Wildman–Crippen MR) is 152 cm³/mol. The summed E-state index contributed by atoms with van der Waals surface area (Å²) in [6.07, 6.45) is 4.65. The van der Waals surface area contributed by atoms with E-state index in [0.717, 1.165) is 31.7 Å². The number of likely N-dealkylation sites (tertiary alicyclic amines) is 1. The Morgan fingerprint density at radius 3 is 2.18 bits per heavy atom. The highest BCUT2D eigenvalue weighted by Gasteiger charge is 2.21. The van der Waals surface area contributed by atoms with Crippen LogP contribution in [0.15, 0.2) is 57.2 Å². The van der Waals surface area contributed by atoms with Gasteiger partial charge in [-0.1, -0.05) is 67.4 Å². The Bertz CT molecular complexity index is 873. The van der Waals surface area contributed by atoms with E-state index < -0.39 is 0 Å². The number of amides is 1. The van der Waals surface area contributed by atoms with E-state index in [1.807, 2.05) is 39.8 Å². The molecule has 1 fully saturated rings. The molecule has 4 nitrogen and oxygen atoms in total. The molecule has 1 saturated heterocycles. The zero-order chi connectivity index (χ0) is 25.8. The SMILES string of the molecule is CC.CC.CC1=C(Br)C(/C=C(\C)CN2CCC(c3ccc(C(=O)N(C)C)cc3)CC2)=C(C)NC1. The van der Waals surface area contributed by atoms with Gasteiger partial charge in [0, 0.05) is 48.5 Å². The first-order valence-electron chi connectivity index (χ1n) is 12.8. The van der Waals surface area contributed by atoms with Crippen LogP contribution in [0.2, 0.25) is 0 Å². The minimum atomic E-state index is 0.0637. The summed E-state index contributed by atoms with van der Waals surface area (Å²) in [6.45, 7) is 18.7. The number of nitrogens with zero attached hydrogens (tertiary/aromatic N) is 2. The molecule has 1 amide bonds. The number of halogens is 1. The molecule has 2 heterocycles. The lowest BCUT2D eigenvalue weighted by molar-refractivity contribution is 0.0827. The topological polar surface area (TPSA) is 35.6 Å². The Balaban J connectivity index is 0.00000137. The van der Waals surface area contributed by atoms with Crippen molar-refractivity contribution >= 4 is 21.8 Å². The number of carbonyl (C=O) groups is 1. The molecule has 1 aromatic carbocycles. The monoisotopic (exact) mass is 531 g/mol. The van der Waals surface area contributed by atoms with Crippen molar-refractivity contribution in [3.05, 3.63) is 68.4 Å². The van der Waals surface area contributed by atoms with Crippen LogP contribution in [-0.2, 0) is 0 Å². The van der Waals surface area contributed by atoms with Gasteiger partial charge in [-0.25, -0.2) is 0 Å². The van der Waals surface area contributed by atoms with Crippen LogP contribution in [0.5, 0.6) is 0 Å². The number of carbonyl (C=O) groups excluding carboxylic acids is 1. The molecular weight excluding hydrogens is 486 g/mol. The number of rotatable bonds is 5. The van der Waals surface area contributed by atoms with Crippen molar-refractivity contribution in [2.45, 2.75) is 67.2 Å². The van der Waals surface area contributed by atoms with Gasteiger partial charge >= 0.3 is 0 Å². The maximum absolute atomic E-state index is 12.1. The first kappa shape index (κ1) is 30.2. The maximum atomic E-state index is 12.1. The molecule has 2 aliphatic heterocycles. The molecule has 0 saturated carbocycles. The number of hydrogen-bond donors (Lipinski definition) is 1. The summed E-state index contributed by atoms with van der Waals surface area (Å²) in [5, 5.41) is 3.47. The van der Waals surface area contributed by atoms with Crippen molar-refractivity contribution in [1.29, 1.82) is 0 Å². The van der Waals surface area contributed by atoms with Gasteiger partial charge < -0.3 is 10.2 Å². The van der Waals surface area contributed by atoms with Crippen LogP contribution in [0.1, 0.15) is 83.1 Å². The molecular formula is C29H46BrN3O. The molecule has 190 valence electrons. The van der Waals surface area contributed by atoms with E-state index >= 15 is 0 Å². The van der Waals surface area contributed by atoms with E-state index in [0.29, 0.717) is 5.92 Å². The van der Waals surface area contributed by atoms with Crippen molar-refractivity contribution < 1.29 is 4.79 Å². The molecule has 0 atom stereocenters. The van der Waals surface area contributed by atoms with Crippen LogP contribution in [0.4, 0.5) is 0 Å². The van der Waals surface area contributed by atoms with Gasteiger partial charge in [-0.15, -0.1) is 0 Å². The summed E-state index contributed by atoms with van der Waals surface area (Å²) < 4.78 is 1.23. The molecule has 5 heteroatoms. The third-order valence-electron chi connectivity index (χ3n) is 6.12. The fraction of sp³-hybridized carbons (Fsp3) is 0.552. The molecule has 3 rings (SSSR count). The van der Waals surface area contributed by atoms with Crippen molar-refractivity contribution in [2.24, 2.45) is 0 Å². The number of dihydropyridines is 1. The Morgan fingerprint density at radius 2 is 1.65 bits per heavy atom. The third kappa shape index (κ3) is 8.42. The van der Waals surface area contributed by atoms with Gasteiger partial charge in [0.15, 0.2) is 0 Å². The Kier molecular flexibility index (Phi) is 13.5. The highest BCUT2D eigenvalue weighted by Crippen LogP contribution is 2.31. The van der Waals surface area contributed by atoms with Crippen LogP contribution >= 0.6 is 15.9 Å². The number of benzene rings is 1. The van der Waals surface area contributed by atoms with Gasteiger partial charge in [0.2, 0.25) is 0 Å². The maximum Gasteiger partial charge on any atom is 0.253 e. The van der Waals surface area contributed by atoms with Gasteiger partial charge in [-0.3, -0.25) is 9.69 Å². The van der Waals surface area contributed by atoms with E-state index in [1.165, 1.54) is 45.3 Å². The molecule has 0 spiro atoms. The molecule has 0 unspecified atom stereocenters. The fourth-order valence-electron chi connectivity index (χ4n) is 4.23. The van der Waals surface area contributed by atoms with Crippen molar-refractivity contribution in [3.8, 4) is 0 Å². The first-order valence-corrected chi connectivity index (χ1v) is 13.6. The lowest BCUT2D eigenvalue weighted by Gasteiger charge is -2.32. The largest absolute Gasteiger partial charge is 0.384 e. The molecule has 1 aromatic rings. The number of piperidine rings is 1. The molecule has 1 N–H and O–H groups in total. The summed E-state index contributed by atoms with van der Waals surface area (Å²) in [4.78, 5) is 16.3. The number of allylic oxidation sites excluding steroid dienone is 4. The normalized spacial score (nSPS) is 17.3. The second-order valence-corrected chi connectivity index (χ2v) is 9.64. The van der Waals surface area contributed by atoms with E-state index in [4.69, 9.17) is 0 Å². The van der Waals surface area contributed by atoms with Crippen LogP contribution in [0, 0.1) is 0 Å². The Hall–Kier alpha value is -1.85. The highest BCUT2D eigenvalue weighted by atomic mass is 79.9. The van der Waals surface area contributed by atoms with Gasteiger partial charge in [-0.2, -0.15) is 0 Å². The average molecular weight is 533 g/mol. The van der Waals surface area contributed by atoms with Crippen LogP contribution < -0.4 is 5.32 Å². The lowest BCUT2D eigenvalue weighted by Crippen LogP contribution is -2.34. The second kappa shape index (κ2) is 15.2. The van der Waals surface area contributed by atoms with Crippen LogP contribution in [0.3, 0.4) is 0 Å². The zero-order valence-electron chi connectivity index (χ0n) is 22.9. The van der Waals surface area contributed by atoms with E-state index in [1.54, 1.807) is 19.0 Å². The summed E-state index contributed by atoms with van der Waals surface area (Å²) in [7, 11) is 3.59. The van der Waals surface area contributed by atoms with Crippen molar-refractivity contribution in [3.63, 3.8) is 0 Å². The fourth-order valence-corrected chi connectivity index (χ4v) is 4.78. The minimum Gasteiger partial charge on any atom is -0.384 e. The van der Waals surface area contributed by atoms with Gasteiger partial charge in [0.1, 0.15) is 0 Å². The van der Waals surface area contributed by atoms with E-state index in [9.17, 15) is 4.79 Å². The summed E-state index contributed by atoms with van der Waals surface area (Å²) in [5.41, 5.74) is 7.37. The summed E-state index contributed by atoms with van der Waals surface area (Å²) in [5.74, 6) is 0.648. The third-order valence-corrected chi connectivity index (χ3v) is 7.22. The molecule has 34 heavy (non-hydrogen) atoms. The highest BCUT2D eigenvalue weighted by molar-refractivity contribution is 9.12. The van der Waals surface area contributed by atoms with Crippen molar-refractivity contribution in [1.82, 2.24) is 15.1 Å². The number of nitrogens with one attached hydrogen (secondary N) is 1. The van der Waals surface area contributed by atoms with Gasteiger partial charge in [0.05, 0.1) is 0 Å². The van der Waals surface area contributed by atoms with Crippen LogP contribution in [-0.4, -0.2) is 56.0 Å². The summed E-state index contributed by atoms with van der Waals surface area (Å²) >= 11 is 3.77. The first-order chi connectivity index (χ1) is 16.3. The van der Waals surface area contributed by atoms with E-state index in [2.05, 4.69) is 65.1 Å². The lowest BCUT2D eigenvalue weighted by atomic mass is 9.88. The molecule has 2 aliphatic rings. The molecule has 0 aliphatic carbocycles. The smallest absolute Gasteiger partial charge is 0.253 e. The minimum absolute atomic E-state index is 0.0637. The standard InChI is InChI=1S/C25H34BrN3O.2C2H6/c1-17(14-23-19(3)27-15-18(2)24(23)26)16-29-12-10-21(11-13-29)20-6-8-22(9-7-20)25(30)28(4)5;2*1-2/h6-9,14,21,27H,10-13,15-16H2,1-5H3;2*1-2H3/b17-14+;;. The van der Waals surface area contributed by atoms with Crippen molar-refractivity contribution in [2.75, 3.05) is 40.3 Å². The second-order valence-electron chi connectivity index (χ2n) is 8.85. The summed E-state index contributed by atoms with van der Waals surface area (Å²) in [6, 6.07) is 8.22. The number of hydrogen-bond acceptors (Lipinski definition) is 3. The van der Waals surface area contributed by atoms with Gasteiger partial charge in [-0.05, 0) is 75.9 Å². The molecule has 0 radical (unpaired) electrons. The Morgan fingerprint density at radius 1 is 1.09 bits per heavy atom.